The maximum absolute atomic E-state index is 12.8. The number of methoxy groups -OCH3 is 1. The van der Waals surface area contributed by atoms with Gasteiger partial charge in [0.15, 0.2) is 0 Å². The van der Waals surface area contributed by atoms with Gasteiger partial charge in [0.25, 0.3) is 0 Å². The summed E-state index contributed by atoms with van der Waals surface area (Å²) in [6, 6.07) is 10.5. The zero-order chi connectivity index (χ0) is 24.1. The fraction of sp³-hybridized carbons (Fsp3) is 0.250. The van der Waals surface area contributed by atoms with Crippen molar-refractivity contribution in [2.24, 2.45) is 0 Å². The van der Waals surface area contributed by atoms with E-state index in [4.69, 9.17) is 9.47 Å². The van der Waals surface area contributed by atoms with E-state index >= 15 is 0 Å². The molecule has 178 valence electrons. The molecular formula is C24H23F3N4O3. The fourth-order valence-electron chi connectivity index (χ4n) is 3.44. The van der Waals surface area contributed by atoms with E-state index in [0.29, 0.717) is 31.2 Å². The maximum Gasteiger partial charge on any atom is 0.416 e. The molecular weight excluding hydrogens is 449 g/mol. The SMILES string of the molecule is COCCOCCC(=O)Nc1c[nH]c2ccc(-c3cnn(-c4ccc(C(F)(F)F)cc4)c3)cc12. The molecule has 2 aromatic heterocycles. The summed E-state index contributed by atoms with van der Waals surface area (Å²) in [6.45, 7) is 1.20. The van der Waals surface area contributed by atoms with Gasteiger partial charge in [-0.1, -0.05) is 6.07 Å². The van der Waals surface area contributed by atoms with Crippen molar-refractivity contribution in [3.8, 4) is 16.8 Å². The number of carbonyl (C=O) groups excluding carboxylic acids is 1. The second-order valence-corrected chi connectivity index (χ2v) is 7.58. The molecule has 2 N–H and O–H groups in total. The third-order valence-corrected chi connectivity index (χ3v) is 5.24. The van der Waals surface area contributed by atoms with Crippen LogP contribution in [0.4, 0.5) is 18.9 Å². The molecule has 2 heterocycles. The number of aromatic amines is 1. The number of ether oxygens (including phenoxy) is 2. The lowest BCUT2D eigenvalue weighted by Gasteiger charge is -2.07. The molecule has 0 aliphatic carbocycles. The van der Waals surface area contributed by atoms with Gasteiger partial charge < -0.3 is 19.8 Å². The molecule has 0 atom stereocenters. The normalized spacial score (nSPS) is 11.8. The lowest BCUT2D eigenvalue weighted by atomic mass is 10.1. The Morgan fingerprint density at radius 2 is 1.88 bits per heavy atom. The van der Waals surface area contributed by atoms with Gasteiger partial charge in [-0.05, 0) is 42.0 Å². The molecule has 2 aromatic carbocycles. The Kier molecular flexibility index (Phi) is 6.99. The van der Waals surface area contributed by atoms with E-state index < -0.39 is 11.7 Å². The van der Waals surface area contributed by atoms with Crippen LogP contribution in [-0.2, 0) is 20.4 Å². The zero-order valence-corrected chi connectivity index (χ0v) is 18.4. The van der Waals surface area contributed by atoms with Crippen LogP contribution in [0.3, 0.4) is 0 Å². The van der Waals surface area contributed by atoms with Crippen LogP contribution in [0.2, 0.25) is 0 Å². The molecule has 4 rings (SSSR count). The summed E-state index contributed by atoms with van der Waals surface area (Å²) in [6.07, 6.45) is 0.941. The number of amides is 1. The highest BCUT2D eigenvalue weighted by Crippen LogP contribution is 2.31. The number of rotatable bonds is 9. The quantitative estimate of drug-likeness (QED) is 0.335. The predicted octanol–water partition coefficient (Wildman–Crippen LogP) is 5.03. The van der Waals surface area contributed by atoms with Crippen molar-refractivity contribution >= 4 is 22.5 Å². The Balaban J connectivity index is 1.48. The van der Waals surface area contributed by atoms with E-state index in [1.54, 1.807) is 25.7 Å². The molecule has 4 aromatic rings. The topological polar surface area (TPSA) is 81.2 Å². The van der Waals surface area contributed by atoms with Crippen molar-refractivity contribution in [3.05, 3.63) is 66.6 Å². The standard InChI is InChI=1S/C24H23F3N4O3/c1-33-10-11-34-9-8-23(32)30-22-14-28-21-7-2-16(12-20(21)22)17-13-29-31(15-17)19-5-3-18(4-6-19)24(25,26)27/h2-7,12-15,28H,8-11H2,1H3,(H,30,32). The predicted molar refractivity (Wildman–Crippen MR) is 122 cm³/mol. The number of halogens is 3. The minimum atomic E-state index is -4.38. The number of aromatic nitrogens is 3. The minimum Gasteiger partial charge on any atom is -0.382 e. The van der Waals surface area contributed by atoms with Gasteiger partial charge in [-0.25, -0.2) is 4.68 Å². The Bertz CT molecular complexity index is 1260. The number of fused-ring (bicyclic) bond motifs is 1. The number of carbonyl (C=O) groups is 1. The Morgan fingerprint density at radius 3 is 2.62 bits per heavy atom. The van der Waals surface area contributed by atoms with Crippen LogP contribution in [0.1, 0.15) is 12.0 Å². The molecule has 0 aliphatic rings. The van der Waals surface area contributed by atoms with Crippen molar-refractivity contribution in [1.29, 1.82) is 0 Å². The van der Waals surface area contributed by atoms with E-state index in [0.717, 1.165) is 34.2 Å². The summed E-state index contributed by atoms with van der Waals surface area (Å²) < 4.78 is 50.2. The van der Waals surface area contributed by atoms with Gasteiger partial charge in [-0.15, -0.1) is 0 Å². The fourth-order valence-corrected chi connectivity index (χ4v) is 3.44. The van der Waals surface area contributed by atoms with Crippen LogP contribution < -0.4 is 5.32 Å². The lowest BCUT2D eigenvalue weighted by Crippen LogP contribution is -2.14. The van der Waals surface area contributed by atoms with Crippen molar-refractivity contribution in [1.82, 2.24) is 14.8 Å². The summed E-state index contributed by atoms with van der Waals surface area (Å²) in [5, 5.41) is 8.00. The first-order valence-corrected chi connectivity index (χ1v) is 10.6. The largest absolute Gasteiger partial charge is 0.416 e. The second-order valence-electron chi connectivity index (χ2n) is 7.58. The number of hydrogen-bond donors (Lipinski definition) is 2. The molecule has 0 saturated heterocycles. The van der Waals surface area contributed by atoms with Crippen molar-refractivity contribution in [2.75, 3.05) is 32.2 Å². The molecule has 0 saturated carbocycles. The Labute approximate surface area is 193 Å². The molecule has 0 bridgehead atoms. The summed E-state index contributed by atoms with van der Waals surface area (Å²) in [7, 11) is 1.58. The highest BCUT2D eigenvalue weighted by atomic mass is 19.4. The molecule has 0 fully saturated rings. The van der Waals surface area contributed by atoms with E-state index in [1.165, 1.54) is 16.8 Å². The van der Waals surface area contributed by atoms with Crippen LogP contribution in [0.5, 0.6) is 0 Å². The third-order valence-electron chi connectivity index (χ3n) is 5.24. The average Bonchev–Trinajstić information content (AvgIpc) is 3.46. The van der Waals surface area contributed by atoms with Crippen LogP contribution >= 0.6 is 0 Å². The van der Waals surface area contributed by atoms with Crippen LogP contribution in [0.25, 0.3) is 27.7 Å². The maximum atomic E-state index is 12.8. The number of nitrogens with zero attached hydrogens (tertiary/aromatic N) is 2. The molecule has 34 heavy (non-hydrogen) atoms. The number of nitrogens with one attached hydrogen (secondary N) is 2. The first-order valence-electron chi connectivity index (χ1n) is 10.6. The first-order chi connectivity index (χ1) is 16.3. The van der Waals surface area contributed by atoms with E-state index in [2.05, 4.69) is 15.4 Å². The summed E-state index contributed by atoms with van der Waals surface area (Å²) >= 11 is 0. The van der Waals surface area contributed by atoms with Gasteiger partial charge in [0.2, 0.25) is 5.91 Å². The molecule has 1 amide bonds. The summed E-state index contributed by atoms with van der Waals surface area (Å²) in [5.41, 5.74) is 2.94. The number of H-pyrrole nitrogens is 1. The van der Waals surface area contributed by atoms with Crippen molar-refractivity contribution < 1.29 is 27.4 Å². The van der Waals surface area contributed by atoms with Gasteiger partial charge in [-0.2, -0.15) is 18.3 Å². The molecule has 0 unspecified atom stereocenters. The smallest absolute Gasteiger partial charge is 0.382 e. The molecule has 0 radical (unpaired) electrons. The average molecular weight is 472 g/mol. The number of alkyl halides is 3. The molecule has 0 aliphatic heterocycles. The van der Waals surface area contributed by atoms with Gasteiger partial charge in [-0.3, -0.25) is 4.79 Å². The number of benzene rings is 2. The molecule has 0 spiro atoms. The van der Waals surface area contributed by atoms with Gasteiger partial charge in [0.1, 0.15) is 0 Å². The highest BCUT2D eigenvalue weighted by molar-refractivity contribution is 6.02. The Morgan fingerprint density at radius 1 is 1.09 bits per heavy atom. The Hall–Kier alpha value is -3.63. The van der Waals surface area contributed by atoms with Crippen molar-refractivity contribution in [3.63, 3.8) is 0 Å². The van der Waals surface area contributed by atoms with Gasteiger partial charge in [0.05, 0.1) is 49.4 Å². The van der Waals surface area contributed by atoms with Gasteiger partial charge in [0, 0.05) is 36.0 Å². The highest BCUT2D eigenvalue weighted by Gasteiger charge is 2.30. The van der Waals surface area contributed by atoms with E-state index in [1.807, 2.05) is 18.2 Å². The van der Waals surface area contributed by atoms with Crippen LogP contribution in [-0.4, -0.2) is 47.6 Å². The lowest BCUT2D eigenvalue weighted by molar-refractivity contribution is -0.137. The van der Waals surface area contributed by atoms with E-state index in [9.17, 15) is 18.0 Å². The van der Waals surface area contributed by atoms with Crippen LogP contribution in [0, 0.1) is 0 Å². The second kappa shape index (κ2) is 10.1. The minimum absolute atomic E-state index is 0.168. The van der Waals surface area contributed by atoms with Crippen molar-refractivity contribution in [2.45, 2.75) is 12.6 Å². The summed E-state index contributed by atoms with van der Waals surface area (Å²) in [5.74, 6) is -0.168. The molecule has 7 nitrogen and oxygen atoms in total. The first kappa shape index (κ1) is 23.5. The van der Waals surface area contributed by atoms with Crippen LogP contribution in [0.15, 0.2) is 61.1 Å². The zero-order valence-electron chi connectivity index (χ0n) is 18.4. The van der Waals surface area contributed by atoms with E-state index in [-0.39, 0.29) is 12.3 Å². The van der Waals surface area contributed by atoms with Gasteiger partial charge >= 0.3 is 6.18 Å². The molecule has 10 heteroatoms. The number of anilines is 1. The monoisotopic (exact) mass is 472 g/mol. The number of hydrogen-bond acceptors (Lipinski definition) is 4. The third kappa shape index (κ3) is 5.46. The summed E-state index contributed by atoms with van der Waals surface area (Å²) in [4.78, 5) is 15.4.